The van der Waals surface area contributed by atoms with Crippen molar-refractivity contribution in [2.45, 2.75) is 56.7 Å². The largest absolute Gasteiger partial charge is 0.493 e. The summed E-state index contributed by atoms with van der Waals surface area (Å²) in [7, 11) is 0. The summed E-state index contributed by atoms with van der Waals surface area (Å²) in [4.78, 5) is 0. The Morgan fingerprint density at radius 1 is 1.05 bits per heavy atom. The number of benzene rings is 1. The first kappa shape index (κ1) is 13.9. The second kappa shape index (κ2) is 5.83. The van der Waals surface area contributed by atoms with Crippen LogP contribution in [-0.2, 0) is 6.42 Å². The van der Waals surface area contributed by atoms with Crippen LogP contribution >= 0.6 is 11.6 Å². The van der Waals surface area contributed by atoms with Crippen LogP contribution in [-0.4, -0.2) is 6.61 Å². The van der Waals surface area contributed by atoms with E-state index in [4.69, 9.17) is 16.3 Å². The van der Waals surface area contributed by atoms with E-state index in [-0.39, 0.29) is 5.38 Å². The zero-order chi connectivity index (χ0) is 14.2. The molecule has 0 bridgehead atoms. The van der Waals surface area contributed by atoms with Crippen molar-refractivity contribution in [3.05, 3.63) is 29.3 Å². The quantitative estimate of drug-likeness (QED) is 0.655. The monoisotopic (exact) mass is 304 g/mol. The number of hydrogen-bond donors (Lipinski definition) is 0. The molecule has 1 heterocycles. The van der Waals surface area contributed by atoms with Crippen LogP contribution in [0.25, 0.3) is 0 Å². The van der Waals surface area contributed by atoms with Gasteiger partial charge in [0, 0.05) is 6.42 Å². The van der Waals surface area contributed by atoms with Crippen LogP contribution < -0.4 is 4.74 Å². The van der Waals surface area contributed by atoms with Crippen molar-refractivity contribution in [2.24, 2.45) is 17.8 Å². The lowest BCUT2D eigenvalue weighted by Gasteiger charge is -2.40. The van der Waals surface area contributed by atoms with Gasteiger partial charge in [-0.25, -0.2) is 0 Å². The summed E-state index contributed by atoms with van der Waals surface area (Å²) in [6.07, 6.45) is 10.9. The number of hydrogen-bond acceptors (Lipinski definition) is 1. The van der Waals surface area contributed by atoms with Crippen LogP contribution in [0.4, 0.5) is 0 Å². The second-order valence-corrected chi connectivity index (χ2v) is 7.72. The highest BCUT2D eigenvalue weighted by atomic mass is 35.5. The van der Waals surface area contributed by atoms with E-state index in [0.29, 0.717) is 5.92 Å². The molecule has 0 amide bonds. The Balaban J connectivity index is 1.48. The predicted molar refractivity (Wildman–Crippen MR) is 87.0 cm³/mol. The Kier molecular flexibility index (Phi) is 3.87. The summed E-state index contributed by atoms with van der Waals surface area (Å²) >= 11 is 6.88. The van der Waals surface area contributed by atoms with Crippen LogP contribution in [0.5, 0.6) is 5.75 Å². The minimum atomic E-state index is 0.193. The predicted octanol–water partition coefficient (Wildman–Crippen LogP) is 5.51. The van der Waals surface area contributed by atoms with E-state index in [1.165, 1.54) is 56.1 Å². The van der Waals surface area contributed by atoms with Crippen molar-refractivity contribution < 1.29 is 4.74 Å². The van der Waals surface area contributed by atoms with Gasteiger partial charge in [0.1, 0.15) is 5.75 Å². The molecule has 0 radical (unpaired) electrons. The Labute approximate surface area is 133 Å². The summed E-state index contributed by atoms with van der Waals surface area (Å²) in [6.45, 7) is 0.832. The van der Waals surface area contributed by atoms with Crippen molar-refractivity contribution in [2.75, 3.05) is 6.61 Å². The highest BCUT2D eigenvalue weighted by Crippen LogP contribution is 2.48. The number of rotatable bonds is 2. The molecule has 1 nitrogen and oxygen atoms in total. The highest BCUT2D eigenvalue weighted by Gasteiger charge is 2.35. The summed E-state index contributed by atoms with van der Waals surface area (Å²) in [6, 6.07) is 6.61. The molecular weight excluding hydrogens is 280 g/mol. The molecule has 21 heavy (non-hydrogen) atoms. The van der Waals surface area contributed by atoms with E-state index in [0.717, 1.165) is 30.6 Å². The van der Waals surface area contributed by atoms with Crippen LogP contribution in [0.3, 0.4) is 0 Å². The fourth-order valence-electron chi connectivity index (χ4n) is 4.83. The van der Waals surface area contributed by atoms with Crippen molar-refractivity contribution in [1.29, 1.82) is 0 Å². The summed E-state index contributed by atoms with van der Waals surface area (Å²) < 4.78 is 5.61. The lowest BCUT2D eigenvalue weighted by molar-refractivity contribution is 0.127. The SMILES string of the molecule is ClC(c1ccc2c(c1)CCO2)C1CCC2CCCCC2C1. The molecule has 0 spiro atoms. The third-order valence-electron chi connectivity index (χ3n) is 6.03. The molecule has 2 saturated carbocycles. The average Bonchev–Trinajstić information content (AvgIpc) is 3.01. The lowest BCUT2D eigenvalue weighted by atomic mass is 9.66. The van der Waals surface area contributed by atoms with Gasteiger partial charge in [0.2, 0.25) is 0 Å². The molecule has 1 aromatic carbocycles. The van der Waals surface area contributed by atoms with Gasteiger partial charge in [-0.2, -0.15) is 0 Å². The lowest BCUT2D eigenvalue weighted by Crippen LogP contribution is -2.29. The number of alkyl halides is 1. The first-order chi connectivity index (χ1) is 10.3. The Bertz CT molecular complexity index is 512. The number of halogens is 1. The zero-order valence-corrected chi connectivity index (χ0v) is 13.4. The van der Waals surface area contributed by atoms with Gasteiger partial charge in [0.05, 0.1) is 12.0 Å². The van der Waals surface area contributed by atoms with Gasteiger partial charge in [0.25, 0.3) is 0 Å². The Morgan fingerprint density at radius 2 is 1.90 bits per heavy atom. The fourth-order valence-corrected chi connectivity index (χ4v) is 5.19. The highest BCUT2D eigenvalue weighted by molar-refractivity contribution is 6.21. The number of fused-ring (bicyclic) bond motifs is 2. The van der Waals surface area contributed by atoms with Gasteiger partial charge in [-0.15, -0.1) is 11.6 Å². The van der Waals surface area contributed by atoms with Crippen molar-refractivity contribution in [1.82, 2.24) is 0 Å². The van der Waals surface area contributed by atoms with Crippen LogP contribution in [0.15, 0.2) is 18.2 Å². The minimum absolute atomic E-state index is 0.193. The van der Waals surface area contributed by atoms with Gasteiger partial charge in [-0.3, -0.25) is 0 Å². The van der Waals surface area contributed by atoms with E-state index in [1.807, 2.05) is 0 Å². The van der Waals surface area contributed by atoms with Gasteiger partial charge in [-0.05, 0) is 54.2 Å². The van der Waals surface area contributed by atoms with Crippen LogP contribution in [0.1, 0.15) is 61.4 Å². The maximum atomic E-state index is 6.88. The van der Waals surface area contributed by atoms with E-state index in [1.54, 1.807) is 0 Å². The van der Waals surface area contributed by atoms with Crippen LogP contribution in [0, 0.1) is 17.8 Å². The molecule has 0 aromatic heterocycles. The average molecular weight is 305 g/mol. The Hall–Kier alpha value is -0.690. The smallest absolute Gasteiger partial charge is 0.122 e. The third-order valence-corrected chi connectivity index (χ3v) is 6.63. The standard InChI is InChI=1S/C19H25ClO/c20-19(17-7-8-18-15(12-17)9-10-21-18)16-6-5-13-3-1-2-4-14(13)11-16/h7-8,12-14,16,19H,1-6,9-11H2. The molecule has 1 aromatic rings. The van der Waals surface area contributed by atoms with Gasteiger partial charge >= 0.3 is 0 Å². The first-order valence-corrected chi connectivity index (χ1v) is 9.14. The second-order valence-electron chi connectivity index (χ2n) is 7.25. The molecule has 2 fully saturated rings. The van der Waals surface area contributed by atoms with Crippen molar-refractivity contribution >= 4 is 11.6 Å². The van der Waals surface area contributed by atoms with Gasteiger partial charge in [-0.1, -0.05) is 37.8 Å². The molecule has 3 aliphatic rings. The summed E-state index contributed by atoms with van der Waals surface area (Å²) in [5.41, 5.74) is 2.67. The van der Waals surface area contributed by atoms with E-state index in [9.17, 15) is 0 Å². The molecule has 4 atom stereocenters. The molecular formula is C19H25ClO. The Morgan fingerprint density at radius 3 is 2.81 bits per heavy atom. The molecule has 4 unspecified atom stereocenters. The molecule has 0 N–H and O–H groups in total. The van der Waals surface area contributed by atoms with Gasteiger partial charge in [0.15, 0.2) is 0 Å². The molecule has 0 saturated heterocycles. The minimum Gasteiger partial charge on any atom is -0.493 e. The molecule has 4 rings (SSSR count). The molecule has 114 valence electrons. The zero-order valence-electron chi connectivity index (χ0n) is 12.7. The maximum absolute atomic E-state index is 6.88. The van der Waals surface area contributed by atoms with E-state index < -0.39 is 0 Å². The summed E-state index contributed by atoms with van der Waals surface area (Å²) in [5.74, 6) is 3.70. The molecule has 2 heteroatoms. The fraction of sp³-hybridized carbons (Fsp3) is 0.684. The maximum Gasteiger partial charge on any atom is 0.122 e. The van der Waals surface area contributed by atoms with Crippen molar-refractivity contribution in [3.8, 4) is 5.75 Å². The molecule has 1 aliphatic heterocycles. The van der Waals surface area contributed by atoms with E-state index >= 15 is 0 Å². The normalized spacial score (nSPS) is 32.9. The van der Waals surface area contributed by atoms with Gasteiger partial charge < -0.3 is 4.74 Å². The summed E-state index contributed by atoms with van der Waals surface area (Å²) in [5, 5.41) is 0.193. The molecule has 2 aliphatic carbocycles. The third kappa shape index (κ3) is 2.70. The van der Waals surface area contributed by atoms with Crippen LogP contribution in [0.2, 0.25) is 0 Å². The topological polar surface area (TPSA) is 9.23 Å². The first-order valence-electron chi connectivity index (χ1n) is 8.71. The van der Waals surface area contributed by atoms with E-state index in [2.05, 4.69) is 18.2 Å². The van der Waals surface area contributed by atoms with Crippen molar-refractivity contribution in [3.63, 3.8) is 0 Å². The number of ether oxygens (including phenoxy) is 1.